The molecule has 5 nitrogen and oxygen atoms in total. The Hall–Kier alpha value is -3.08. The first-order valence-electron chi connectivity index (χ1n) is 9.00. The molecule has 0 fully saturated rings. The molecule has 0 aliphatic rings. The Balaban J connectivity index is 1.66. The molecule has 134 valence electrons. The summed E-state index contributed by atoms with van der Waals surface area (Å²) in [4.78, 5) is 8.53. The summed E-state index contributed by atoms with van der Waals surface area (Å²) in [6.45, 7) is 2.87. The highest BCUT2D eigenvalue weighted by molar-refractivity contribution is 5.77. The molecule has 5 heteroatoms. The maximum absolute atomic E-state index is 6.24. The monoisotopic (exact) mass is 347 g/mol. The lowest BCUT2D eigenvalue weighted by Crippen LogP contribution is -2.08. The van der Waals surface area contributed by atoms with E-state index in [2.05, 4.69) is 63.9 Å². The molecule has 0 saturated heterocycles. The molecule has 0 aliphatic heterocycles. The summed E-state index contributed by atoms with van der Waals surface area (Å²) in [5.74, 6) is 1.24. The van der Waals surface area contributed by atoms with E-state index in [1.54, 1.807) is 0 Å². The Morgan fingerprint density at radius 1 is 0.885 bits per heavy atom. The minimum Gasteiger partial charge on any atom is -0.393 e. The third kappa shape index (κ3) is 4.72. The largest absolute Gasteiger partial charge is 0.393 e. The number of nitrogens with one attached hydrogen (secondary N) is 2. The van der Waals surface area contributed by atoms with Crippen LogP contribution < -0.4 is 16.4 Å². The van der Waals surface area contributed by atoms with Crippen molar-refractivity contribution in [1.82, 2.24) is 9.97 Å². The summed E-state index contributed by atoms with van der Waals surface area (Å²) in [5.41, 5.74) is 10.2. The van der Waals surface area contributed by atoms with Gasteiger partial charge in [-0.1, -0.05) is 55.8 Å². The van der Waals surface area contributed by atoms with Crippen LogP contribution in [0, 0.1) is 0 Å². The smallest absolute Gasteiger partial charge is 0.159 e. The number of rotatable bonds is 8. The number of anilines is 4. The fraction of sp³-hybridized carbons (Fsp3) is 0.238. The number of hydrogen-bond donors (Lipinski definition) is 3. The molecule has 1 heterocycles. The summed E-state index contributed by atoms with van der Waals surface area (Å²) in [7, 11) is 0. The fourth-order valence-corrected chi connectivity index (χ4v) is 2.69. The van der Waals surface area contributed by atoms with Gasteiger partial charge in [0.1, 0.15) is 12.0 Å². The Kier molecular flexibility index (Phi) is 6.04. The number of benzene rings is 2. The van der Waals surface area contributed by atoms with E-state index in [1.807, 2.05) is 18.2 Å². The third-order valence-corrected chi connectivity index (χ3v) is 4.22. The highest BCUT2D eigenvalue weighted by atomic mass is 15.1. The van der Waals surface area contributed by atoms with Crippen molar-refractivity contribution >= 4 is 23.0 Å². The number of nitrogen functional groups attached to an aromatic ring is 1. The molecule has 3 aromatic rings. The minimum atomic E-state index is 0.512. The van der Waals surface area contributed by atoms with Crippen LogP contribution in [0.2, 0.25) is 0 Å². The third-order valence-electron chi connectivity index (χ3n) is 4.22. The minimum absolute atomic E-state index is 0.512. The number of hydrogen-bond acceptors (Lipinski definition) is 5. The molecule has 0 bridgehead atoms. The maximum atomic E-state index is 6.24. The van der Waals surface area contributed by atoms with Gasteiger partial charge in [0.25, 0.3) is 0 Å². The van der Waals surface area contributed by atoms with Gasteiger partial charge in [-0.05, 0) is 36.1 Å². The zero-order valence-electron chi connectivity index (χ0n) is 15.1. The number of unbranched alkanes of at least 4 members (excludes halogenated alkanes) is 1. The van der Waals surface area contributed by atoms with Gasteiger partial charge in [-0.25, -0.2) is 9.97 Å². The van der Waals surface area contributed by atoms with Gasteiger partial charge in [0.15, 0.2) is 11.6 Å². The normalized spacial score (nSPS) is 10.5. The molecule has 4 N–H and O–H groups in total. The van der Waals surface area contributed by atoms with Gasteiger partial charge < -0.3 is 16.4 Å². The van der Waals surface area contributed by atoms with Crippen LogP contribution >= 0.6 is 0 Å². The first-order chi connectivity index (χ1) is 12.8. The van der Waals surface area contributed by atoms with Gasteiger partial charge in [-0.3, -0.25) is 0 Å². The lowest BCUT2D eigenvalue weighted by atomic mass is 10.1. The second kappa shape index (κ2) is 8.85. The molecule has 0 aliphatic carbocycles. The first-order valence-corrected chi connectivity index (χ1v) is 9.00. The fourth-order valence-electron chi connectivity index (χ4n) is 2.69. The zero-order valence-corrected chi connectivity index (χ0v) is 15.1. The van der Waals surface area contributed by atoms with Gasteiger partial charge in [-0.2, -0.15) is 0 Å². The van der Waals surface area contributed by atoms with Crippen molar-refractivity contribution in [2.75, 3.05) is 16.4 Å². The van der Waals surface area contributed by atoms with Crippen molar-refractivity contribution in [2.45, 2.75) is 32.7 Å². The van der Waals surface area contributed by atoms with Crippen LogP contribution in [0.3, 0.4) is 0 Å². The molecule has 26 heavy (non-hydrogen) atoms. The van der Waals surface area contributed by atoms with Crippen LogP contribution in [0.15, 0.2) is 60.9 Å². The molecule has 0 atom stereocenters. The standard InChI is InChI=1S/C21H25N5/c1-2-3-7-16-10-12-18(13-11-16)26-21-19(22)20(24-15-25-21)23-14-17-8-5-4-6-9-17/h4-6,8-13,15H,2-3,7,14,22H2,1H3,(H2,23,24,25,26). The topological polar surface area (TPSA) is 75.9 Å². The second-order valence-corrected chi connectivity index (χ2v) is 6.25. The van der Waals surface area contributed by atoms with E-state index in [0.717, 1.165) is 12.1 Å². The molecular formula is C21H25N5. The van der Waals surface area contributed by atoms with Crippen LogP contribution in [0.25, 0.3) is 0 Å². The van der Waals surface area contributed by atoms with Crippen molar-refractivity contribution < 1.29 is 0 Å². The van der Waals surface area contributed by atoms with Gasteiger partial charge in [-0.15, -0.1) is 0 Å². The average Bonchev–Trinajstić information content (AvgIpc) is 2.69. The predicted octanol–water partition coefficient (Wildman–Crippen LogP) is 4.76. The summed E-state index contributed by atoms with van der Waals surface area (Å²) >= 11 is 0. The second-order valence-electron chi connectivity index (χ2n) is 6.25. The van der Waals surface area contributed by atoms with Crippen molar-refractivity contribution in [3.05, 3.63) is 72.1 Å². The Morgan fingerprint density at radius 2 is 1.62 bits per heavy atom. The number of nitrogens with two attached hydrogens (primary N) is 1. The molecule has 1 aromatic heterocycles. The maximum Gasteiger partial charge on any atom is 0.159 e. The Bertz CT molecular complexity index is 816. The van der Waals surface area contributed by atoms with E-state index in [1.165, 1.54) is 30.3 Å². The zero-order chi connectivity index (χ0) is 18.2. The van der Waals surface area contributed by atoms with E-state index in [-0.39, 0.29) is 0 Å². The van der Waals surface area contributed by atoms with E-state index in [0.29, 0.717) is 23.9 Å². The lowest BCUT2D eigenvalue weighted by Gasteiger charge is -2.13. The van der Waals surface area contributed by atoms with Crippen molar-refractivity contribution in [3.63, 3.8) is 0 Å². The van der Waals surface area contributed by atoms with Gasteiger partial charge in [0.05, 0.1) is 0 Å². The van der Waals surface area contributed by atoms with E-state index < -0.39 is 0 Å². The van der Waals surface area contributed by atoms with Gasteiger partial charge in [0, 0.05) is 12.2 Å². The van der Waals surface area contributed by atoms with Crippen molar-refractivity contribution in [2.24, 2.45) is 0 Å². The molecule has 3 rings (SSSR count). The van der Waals surface area contributed by atoms with Crippen molar-refractivity contribution in [3.8, 4) is 0 Å². The highest BCUT2D eigenvalue weighted by Gasteiger charge is 2.08. The molecular weight excluding hydrogens is 322 g/mol. The first kappa shape index (κ1) is 17.7. The van der Waals surface area contributed by atoms with Crippen LogP contribution in [0.5, 0.6) is 0 Å². The Labute approximate surface area is 154 Å². The summed E-state index contributed by atoms with van der Waals surface area (Å²) in [6.07, 6.45) is 5.04. The van der Waals surface area contributed by atoms with Crippen LogP contribution in [-0.2, 0) is 13.0 Å². The summed E-state index contributed by atoms with van der Waals surface area (Å²) < 4.78 is 0. The quantitative estimate of drug-likeness (QED) is 0.548. The molecule has 0 unspecified atom stereocenters. The van der Waals surface area contributed by atoms with Gasteiger partial charge in [0.2, 0.25) is 0 Å². The summed E-state index contributed by atoms with van der Waals surface area (Å²) in [5, 5.41) is 6.55. The SMILES string of the molecule is CCCCc1ccc(Nc2ncnc(NCc3ccccc3)c2N)cc1. The van der Waals surface area contributed by atoms with Crippen LogP contribution in [0.4, 0.5) is 23.0 Å². The van der Waals surface area contributed by atoms with Crippen LogP contribution in [0.1, 0.15) is 30.9 Å². The van der Waals surface area contributed by atoms with Crippen LogP contribution in [-0.4, -0.2) is 9.97 Å². The number of aromatic nitrogens is 2. The van der Waals surface area contributed by atoms with Gasteiger partial charge >= 0.3 is 0 Å². The predicted molar refractivity (Wildman–Crippen MR) is 109 cm³/mol. The van der Waals surface area contributed by atoms with E-state index in [4.69, 9.17) is 5.73 Å². The lowest BCUT2D eigenvalue weighted by molar-refractivity contribution is 0.795. The highest BCUT2D eigenvalue weighted by Crippen LogP contribution is 2.26. The summed E-state index contributed by atoms with van der Waals surface area (Å²) in [6, 6.07) is 18.5. The number of nitrogens with zero attached hydrogens (tertiary/aromatic N) is 2. The molecule has 0 radical (unpaired) electrons. The molecule has 0 spiro atoms. The number of aryl methyl sites for hydroxylation is 1. The van der Waals surface area contributed by atoms with E-state index >= 15 is 0 Å². The molecule has 0 saturated carbocycles. The van der Waals surface area contributed by atoms with Crippen molar-refractivity contribution in [1.29, 1.82) is 0 Å². The average molecular weight is 347 g/mol. The molecule has 0 amide bonds. The Morgan fingerprint density at radius 3 is 2.35 bits per heavy atom. The molecule has 2 aromatic carbocycles. The van der Waals surface area contributed by atoms with E-state index in [9.17, 15) is 0 Å².